The Kier molecular flexibility index (Phi) is 4.45. The maximum atomic E-state index is 6.65. The predicted molar refractivity (Wildman–Crippen MR) is 180 cm³/mol. The van der Waals surface area contributed by atoms with Gasteiger partial charge in [0.05, 0.1) is 33.4 Å². The van der Waals surface area contributed by atoms with E-state index in [0.29, 0.717) is 0 Å². The van der Waals surface area contributed by atoms with Gasteiger partial charge in [0.2, 0.25) is 0 Å². The Labute approximate surface area is 246 Å². The van der Waals surface area contributed by atoms with Crippen molar-refractivity contribution in [2.24, 2.45) is 0 Å². The highest BCUT2D eigenvalue weighted by molar-refractivity contribution is 6.23. The van der Waals surface area contributed by atoms with E-state index in [4.69, 9.17) is 4.42 Å². The van der Waals surface area contributed by atoms with Gasteiger partial charge in [0, 0.05) is 37.7 Å². The van der Waals surface area contributed by atoms with E-state index in [1.165, 1.54) is 54.6 Å². The standard InChI is InChI=1S/C40H24N2O/c1-2-13-26-25(11-1)12-9-19-32(26)41-34-18-7-4-16-31(34)38-35(41)20-10-21-36(38)42-33-17-6-3-14-27(33)29-23-24-30-28-15-5-8-22-37(28)43-40(30)39(29)42/h1-24H. The van der Waals surface area contributed by atoms with Crippen LogP contribution in [0.4, 0.5) is 0 Å². The average Bonchev–Trinajstić information content (AvgIpc) is 3.72. The van der Waals surface area contributed by atoms with E-state index >= 15 is 0 Å². The Balaban J connectivity index is 1.41. The first-order valence-corrected chi connectivity index (χ1v) is 14.7. The number of aromatic nitrogens is 2. The zero-order valence-corrected chi connectivity index (χ0v) is 23.2. The average molecular weight is 549 g/mol. The molecule has 10 aromatic rings. The summed E-state index contributed by atoms with van der Waals surface area (Å²) in [7, 11) is 0. The Bertz CT molecular complexity index is 2730. The molecule has 0 atom stereocenters. The van der Waals surface area contributed by atoms with Crippen molar-refractivity contribution < 1.29 is 4.42 Å². The molecular formula is C40H24N2O. The molecule has 0 aliphatic carbocycles. The number of para-hydroxylation sites is 3. The molecule has 0 amide bonds. The van der Waals surface area contributed by atoms with E-state index in [2.05, 4.69) is 149 Å². The van der Waals surface area contributed by atoms with Crippen LogP contribution in [-0.4, -0.2) is 9.13 Å². The van der Waals surface area contributed by atoms with Crippen molar-refractivity contribution in [2.75, 3.05) is 0 Å². The van der Waals surface area contributed by atoms with E-state index in [1.54, 1.807) is 0 Å². The third kappa shape index (κ3) is 2.98. The molecule has 0 fully saturated rings. The molecule has 3 aromatic heterocycles. The van der Waals surface area contributed by atoms with E-state index in [-0.39, 0.29) is 0 Å². The lowest BCUT2D eigenvalue weighted by molar-refractivity contribution is 0.671. The van der Waals surface area contributed by atoms with Crippen LogP contribution in [0.5, 0.6) is 0 Å². The fourth-order valence-corrected chi connectivity index (χ4v) is 7.33. The summed E-state index contributed by atoms with van der Waals surface area (Å²) in [4.78, 5) is 0. The van der Waals surface area contributed by atoms with Crippen LogP contribution in [0.1, 0.15) is 0 Å². The van der Waals surface area contributed by atoms with Crippen molar-refractivity contribution in [1.82, 2.24) is 9.13 Å². The predicted octanol–water partition coefficient (Wildman–Crippen LogP) is 10.9. The van der Waals surface area contributed by atoms with Crippen LogP contribution in [0, 0.1) is 0 Å². The van der Waals surface area contributed by atoms with Crippen molar-refractivity contribution >= 4 is 76.3 Å². The Morgan fingerprint density at radius 2 is 0.977 bits per heavy atom. The zero-order valence-electron chi connectivity index (χ0n) is 23.2. The van der Waals surface area contributed by atoms with Crippen molar-refractivity contribution in [2.45, 2.75) is 0 Å². The van der Waals surface area contributed by atoms with Gasteiger partial charge in [0.1, 0.15) is 5.58 Å². The smallest absolute Gasteiger partial charge is 0.160 e. The summed E-state index contributed by atoms with van der Waals surface area (Å²) < 4.78 is 11.5. The molecule has 3 heteroatoms. The van der Waals surface area contributed by atoms with Gasteiger partial charge in [-0.15, -0.1) is 0 Å². The first-order chi connectivity index (χ1) is 21.4. The molecule has 0 N–H and O–H groups in total. The third-order valence-corrected chi connectivity index (χ3v) is 9.10. The van der Waals surface area contributed by atoms with E-state index in [9.17, 15) is 0 Å². The van der Waals surface area contributed by atoms with Crippen LogP contribution < -0.4 is 0 Å². The van der Waals surface area contributed by atoms with E-state index in [0.717, 1.165) is 33.1 Å². The van der Waals surface area contributed by atoms with Crippen LogP contribution in [0.3, 0.4) is 0 Å². The summed E-state index contributed by atoms with van der Waals surface area (Å²) in [6.45, 7) is 0. The van der Waals surface area contributed by atoms with E-state index < -0.39 is 0 Å². The van der Waals surface area contributed by atoms with Crippen LogP contribution in [0.25, 0.3) is 87.7 Å². The van der Waals surface area contributed by atoms with Crippen LogP contribution in [0.2, 0.25) is 0 Å². The van der Waals surface area contributed by atoms with Crippen molar-refractivity contribution in [3.8, 4) is 11.4 Å². The number of hydrogen-bond donors (Lipinski definition) is 0. The summed E-state index contributed by atoms with van der Waals surface area (Å²) in [5.41, 5.74) is 8.80. The Morgan fingerprint density at radius 3 is 1.86 bits per heavy atom. The minimum Gasteiger partial charge on any atom is -0.454 e. The molecule has 0 unspecified atom stereocenters. The maximum absolute atomic E-state index is 6.65. The summed E-state index contributed by atoms with van der Waals surface area (Å²) in [5, 5.41) is 9.60. The topological polar surface area (TPSA) is 23.0 Å². The molecule has 0 radical (unpaired) electrons. The van der Waals surface area contributed by atoms with E-state index in [1.807, 2.05) is 6.07 Å². The normalized spacial score (nSPS) is 12.2. The fourth-order valence-electron chi connectivity index (χ4n) is 7.33. The molecule has 200 valence electrons. The van der Waals surface area contributed by atoms with Gasteiger partial charge in [-0.3, -0.25) is 0 Å². The van der Waals surface area contributed by atoms with Crippen molar-refractivity contribution in [3.05, 3.63) is 146 Å². The molecule has 3 heterocycles. The molecule has 10 rings (SSSR count). The zero-order chi connectivity index (χ0) is 28.1. The SMILES string of the molecule is c1ccc2c(-n3c4ccccc4c4c(-n5c6ccccc6c6ccc7c8ccccc8oc7c65)cccc43)cccc2c1. The maximum Gasteiger partial charge on any atom is 0.160 e. The second-order valence-electron chi connectivity index (χ2n) is 11.3. The molecule has 3 nitrogen and oxygen atoms in total. The first kappa shape index (κ1) is 22.8. The van der Waals surface area contributed by atoms with Gasteiger partial charge in [-0.25, -0.2) is 0 Å². The Morgan fingerprint density at radius 1 is 0.372 bits per heavy atom. The highest BCUT2D eigenvalue weighted by atomic mass is 16.3. The molecular weight excluding hydrogens is 524 g/mol. The molecule has 0 bridgehead atoms. The number of hydrogen-bond acceptors (Lipinski definition) is 1. The number of rotatable bonds is 2. The fraction of sp³-hybridized carbons (Fsp3) is 0. The molecule has 0 saturated heterocycles. The lowest BCUT2D eigenvalue weighted by atomic mass is 10.1. The Hall–Kier alpha value is -5.80. The van der Waals surface area contributed by atoms with Gasteiger partial charge in [0.25, 0.3) is 0 Å². The number of benzene rings is 7. The highest BCUT2D eigenvalue weighted by Gasteiger charge is 2.22. The van der Waals surface area contributed by atoms with Gasteiger partial charge in [-0.05, 0) is 47.9 Å². The lowest BCUT2D eigenvalue weighted by Crippen LogP contribution is -1.97. The van der Waals surface area contributed by atoms with Crippen molar-refractivity contribution in [1.29, 1.82) is 0 Å². The van der Waals surface area contributed by atoms with Crippen LogP contribution in [-0.2, 0) is 0 Å². The number of nitrogens with zero attached hydrogens (tertiary/aromatic N) is 2. The summed E-state index contributed by atoms with van der Waals surface area (Å²) in [6.07, 6.45) is 0. The van der Waals surface area contributed by atoms with Crippen LogP contribution >= 0.6 is 0 Å². The quantitative estimate of drug-likeness (QED) is 0.211. The van der Waals surface area contributed by atoms with Crippen LogP contribution in [0.15, 0.2) is 150 Å². The summed E-state index contributed by atoms with van der Waals surface area (Å²) in [6, 6.07) is 52.3. The molecule has 43 heavy (non-hydrogen) atoms. The first-order valence-electron chi connectivity index (χ1n) is 14.7. The van der Waals surface area contributed by atoms with Gasteiger partial charge in [-0.2, -0.15) is 0 Å². The second-order valence-corrected chi connectivity index (χ2v) is 11.3. The summed E-state index contributed by atoms with van der Waals surface area (Å²) in [5.74, 6) is 0. The molecule has 0 aliphatic rings. The van der Waals surface area contributed by atoms with Gasteiger partial charge in [0.15, 0.2) is 5.58 Å². The highest BCUT2D eigenvalue weighted by Crippen LogP contribution is 2.43. The molecule has 7 aromatic carbocycles. The minimum atomic E-state index is 0.910. The monoisotopic (exact) mass is 548 g/mol. The minimum absolute atomic E-state index is 0.910. The second kappa shape index (κ2) is 8.37. The lowest BCUT2D eigenvalue weighted by Gasteiger charge is -2.13. The van der Waals surface area contributed by atoms with Crippen molar-refractivity contribution in [3.63, 3.8) is 0 Å². The molecule has 0 saturated carbocycles. The van der Waals surface area contributed by atoms with Gasteiger partial charge in [-0.1, -0.05) is 103 Å². The summed E-state index contributed by atoms with van der Waals surface area (Å²) >= 11 is 0. The molecule has 0 aliphatic heterocycles. The van der Waals surface area contributed by atoms with Gasteiger partial charge >= 0.3 is 0 Å². The number of fused-ring (bicyclic) bond motifs is 11. The largest absolute Gasteiger partial charge is 0.454 e. The van der Waals surface area contributed by atoms with Gasteiger partial charge < -0.3 is 13.6 Å². The number of furan rings is 1. The third-order valence-electron chi connectivity index (χ3n) is 9.10. The molecule has 0 spiro atoms.